The number of primary amides is 1. The van der Waals surface area contributed by atoms with Gasteiger partial charge in [-0.15, -0.1) is 0 Å². The van der Waals surface area contributed by atoms with Gasteiger partial charge in [-0.1, -0.05) is 19.8 Å². The summed E-state index contributed by atoms with van der Waals surface area (Å²) in [5.41, 5.74) is 6.26. The summed E-state index contributed by atoms with van der Waals surface area (Å²) in [5.74, 6) is -0.576. The molecule has 0 aliphatic heterocycles. The number of benzene rings is 1. The molecule has 5 nitrogen and oxygen atoms in total. The third-order valence-corrected chi connectivity index (χ3v) is 2.89. The number of nitrogens with one attached hydrogen (secondary N) is 2. The second kappa shape index (κ2) is 8.27. The van der Waals surface area contributed by atoms with E-state index < -0.39 is 5.91 Å². The molecule has 0 spiro atoms. The van der Waals surface area contributed by atoms with E-state index in [1.54, 1.807) is 24.3 Å². The lowest BCUT2D eigenvalue weighted by Gasteiger charge is -2.09. The predicted octanol–water partition coefficient (Wildman–Crippen LogP) is 2.18. The number of carbonyl (C=O) groups is 2. The highest BCUT2D eigenvalue weighted by molar-refractivity contribution is 7.80. The smallest absolute Gasteiger partial charge is 0.248 e. The van der Waals surface area contributed by atoms with Gasteiger partial charge in [-0.3, -0.25) is 9.59 Å². The van der Waals surface area contributed by atoms with Crippen LogP contribution < -0.4 is 16.4 Å². The molecule has 4 N–H and O–H groups in total. The molecule has 1 rings (SSSR count). The van der Waals surface area contributed by atoms with Crippen LogP contribution in [0.3, 0.4) is 0 Å². The summed E-state index contributed by atoms with van der Waals surface area (Å²) in [4.78, 5) is 22.5. The maximum Gasteiger partial charge on any atom is 0.248 e. The van der Waals surface area contributed by atoms with E-state index in [2.05, 4.69) is 17.6 Å². The van der Waals surface area contributed by atoms with Crippen molar-refractivity contribution in [3.05, 3.63) is 29.8 Å². The zero-order valence-electron chi connectivity index (χ0n) is 11.4. The van der Waals surface area contributed by atoms with Crippen LogP contribution in [-0.2, 0) is 4.79 Å². The van der Waals surface area contributed by atoms with Crippen LogP contribution in [0, 0.1) is 0 Å². The number of amides is 2. The highest BCUT2D eigenvalue weighted by Gasteiger charge is 2.05. The molecule has 1 aromatic carbocycles. The van der Waals surface area contributed by atoms with E-state index in [0.29, 0.717) is 17.7 Å². The van der Waals surface area contributed by atoms with E-state index in [1.807, 2.05) is 0 Å². The maximum absolute atomic E-state index is 11.6. The molecule has 0 heterocycles. The molecule has 1 aromatic rings. The summed E-state index contributed by atoms with van der Waals surface area (Å²) in [7, 11) is 0. The Kier molecular flexibility index (Phi) is 6.66. The minimum atomic E-state index is -0.483. The summed E-state index contributed by atoms with van der Waals surface area (Å²) in [6, 6.07) is 6.54. The molecule has 2 amide bonds. The van der Waals surface area contributed by atoms with Gasteiger partial charge in [0.1, 0.15) is 0 Å². The number of nitrogens with two attached hydrogens (primary N) is 1. The Labute approximate surface area is 123 Å². The van der Waals surface area contributed by atoms with Crippen molar-refractivity contribution in [3.8, 4) is 0 Å². The Bertz CT molecular complexity index is 486. The molecule has 6 heteroatoms. The molecule has 0 unspecified atom stereocenters. The van der Waals surface area contributed by atoms with Crippen molar-refractivity contribution < 1.29 is 9.59 Å². The lowest BCUT2D eigenvalue weighted by Crippen LogP contribution is -2.33. The third-order valence-electron chi connectivity index (χ3n) is 2.69. The first-order chi connectivity index (χ1) is 9.52. The van der Waals surface area contributed by atoms with Crippen molar-refractivity contribution in [2.24, 2.45) is 5.73 Å². The third kappa shape index (κ3) is 5.79. The SMILES string of the molecule is CCCCCC(=O)NC(=S)Nc1ccc(C(N)=O)cc1. The molecule has 0 fully saturated rings. The fraction of sp³-hybridized carbons (Fsp3) is 0.357. The molecule has 0 aromatic heterocycles. The van der Waals surface area contributed by atoms with Crippen LogP contribution in [0.25, 0.3) is 0 Å². The molecule has 20 heavy (non-hydrogen) atoms. The molecule has 0 radical (unpaired) electrons. The van der Waals surface area contributed by atoms with E-state index in [9.17, 15) is 9.59 Å². The van der Waals surface area contributed by atoms with Crippen LogP contribution >= 0.6 is 12.2 Å². The minimum Gasteiger partial charge on any atom is -0.366 e. The van der Waals surface area contributed by atoms with Gasteiger partial charge in [0.05, 0.1) is 0 Å². The molecule has 108 valence electrons. The van der Waals surface area contributed by atoms with Gasteiger partial charge in [0.25, 0.3) is 0 Å². The topological polar surface area (TPSA) is 84.2 Å². The van der Waals surface area contributed by atoms with Crippen molar-refractivity contribution in [1.29, 1.82) is 0 Å². The van der Waals surface area contributed by atoms with Crippen LogP contribution in [-0.4, -0.2) is 16.9 Å². The van der Waals surface area contributed by atoms with Crippen LogP contribution in [0.4, 0.5) is 5.69 Å². The Morgan fingerprint density at radius 3 is 2.40 bits per heavy atom. The van der Waals surface area contributed by atoms with Gasteiger partial charge in [-0.25, -0.2) is 0 Å². The molecule has 0 saturated carbocycles. The summed E-state index contributed by atoms with van der Waals surface area (Å²) in [6.07, 6.45) is 3.43. The molecule has 0 saturated heterocycles. The summed E-state index contributed by atoms with van der Waals surface area (Å²) < 4.78 is 0. The zero-order valence-corrected chi connectivity index (χ0v) is 12.3. The van der Waals surface area contributed by atoms with Crippen molar-refractivity contribution >= 4 is 34.8 Å². The number of rotatable bonds is 6. The fourth-order valence-corrected chi connectivity index (χ4v) is 1.84. The zero-order chi connectivity index (χ0) is 15.0. The average molecular weight is 293 g/mol. The monoisotopic (exact) mass is 293 g/mol. The van der Waals surface area contributed by atoms with Crippen molar-refractivity contribution in [2.75, 3.05) is 5.32 Å². The normalized spacial score (nSPS) is 9.85. The van der Waals surface area contributed by atoms with Gasteiger partial charge in [-0.2, -0.15) is 0 Å². The molecule has 0 atom stereocenters. The van der Waals surface area contributed by atoms with Crippen molar-refractivity contribution in [2.45, 2.75) is 32.6 Å². The van der Waals surface area contributed by atoms with Crippen LogP contribution in [0.5, 0.6) is 0 Å². The first-order valence-corrected chi connectivity index (χ1v) is 6.94. The molecule has 0 aliphatic rings. The Balaban J connectivity index is 2.42. The van der Waals surface area contributed by atoms with Gasteiger partial charge in [0.2, 0.25) is 11.8 Å². The van der Waals surface area contributed by atoms with Crippen LogP contribution in [0.1, 0.15) is 43.0 Å². The summed E-state index contributed by atoms with van der Waals surface area (Å²) in [6.45, 7) is 2.08. The second-order valence-electron chi connectivity index (χ2n) is 4.40. The standard InChI is InChI=1S/C14H19N3O2S/c1-2-3-4-5-12(18)17-14(20)16-11-8-6-10(7-9-11)13(15)19/h6-9H,2-5H2,1H3,(H2,15,19)(H2,16,17,18,20). The number of carbonyl (C=O) groups excluding carboxylic acids is 2. The van der Waals surface area contributed by atoms with E-state index in [0.717, 1.165) is 19.3 Å². The number of anilines is 1. The maximum atomic E-state index is 11.6. The van der Waals surface area contributed by atoms with Gasteiger partial charge in [0.15, 0.2) is 5.11 Å². The second-order valence-corrected chi connectivity index (χ2v) is 4.81. The number of unbranched alkanes of at least 4 members (excludes halogenated alkanes) is 2. The van der Waals surface area contributed by atoms with E-state index in [-0.39, 0.29) is 11.0 Å². The molecule has 0 bridgehead atoms. The predicted molar refractivity (Wildman–Crippen MR) is 83.5 cm³/mol. The largest absolute Gasteiger partial charge is 0.366 e. The van der Waals surface area contributed by atoms with Gasteiger partial charge < -0.3 is 16.4 Å². The van der Waals surface area contributed by atoms with Crippen molar-refractivity contribution in [1.82, 2.24) is 5.32 Å². The van der Waals surface area contributed by atoms with Gasteiger partial charge in [-0.05, 0) is 42.9 Å². The fourth-order valence-electron chi connectivity index (χ4n) is 1.60. The van der Waals surface area contributed by atoms with E-state index in [1.165, 1.54) is 0 Å². The number of hydrogen-bond acceptors (Lipinski definition) is 3. The Morgan fingerprint density at radius 2 is 1.85 bits per heavy atom. The van der Waals surface area contributed by atoms with Gasteiger partial charge in [0, 0.05) is 17.7 Å². The first kappa shape index (κ1) is 16.1. The Morgan fingerprint density at radius 1 is 1.20 bits per heavy atom. The lowest BCUT2D eigenvalue weighted by atomic mass is 10.2. The Hall–Kier alpha value is -1.95. The average Bonchev–Trinajstić information content (AvgIpc) is 2.39. The molecule has 0 aliphatic carbocycles. The van der Waals surface area contributed by atoms with Crippen LogP contribution in [0.15, 0.2) is 24.3 Å². The highest BCUT2D eigenvalue weighted by Crippen LogP contribution is 2.09. The number of hydrogen-bond donors (Lipinski definition) is 3. The van der Waals surface area contributed by atoms with Crippen LogP contribution in [0.2, 0.25) is 0 Å². The van der Waals surface area contributed by atoms with E-state index >= 15 is 0 Å². The first-order valence-electron chi connectivity index (χ1n) is 6.53. The summed E-state index contributed by atoms with van der Waals surface area (Å²) >= 11 is 5.04. The lowest BCUT2D eigenvalue weighted by molar-refractivity contribution is -0.119. The highest BCUT2D eigenvalue weighted by atomic mass is 32.1. The minimum absolute atomic E-state index is 0.0929. The molecular formula is C14H19N3O2S. The quantitative estimate of drug-likeness (QED) is 0.554. The van der Waals surface area contributed by atoms with Gasteiger partial charge >= 0.3 is 0 Å². The van der Waals surface area contributed by atoms with E-state index in [4.69, 9.17) is 18.0 Å². The van der Waals surface area contributed by atoms with Crippen molar-refractivity contribution in [3.63, 3.8) is 0 Å². The summed E-state index contributed by atoms with van der Waals surface area (Å²) in [5, 5.41) is 5.74. The number of thiocarbonyl (C=S) groups is 1. The molecular weight excluding hydrogens is 274 g/mol.